The van der Waals surface area contributed by atoms with Crippen LogP contribution in [-0.2, 0) is 0 Å². The van der Waals surface area contributed by atoms with Crippen LogP contribution in [0.15, 0.2) is 41.7 Å². The van der Waals surface area contributed by atoms with Crippen LogP contribution < -0.4 is 0 Å². The standard InChI is InChI=1S/C33H5F2N11/c34-26-13-45-17(8-40)1-20(26)32-23(10-42)19-3-22-28(15(4-36)5-37)33(21-2-18(9-41)46-14-27(21)35)25(12-44)30(22)24(11-43)31(19)29(32)16(6-38)7-39/h1-3,13-14H. The Morgan fingerprint density at radius 3 is 1.41 bits per heavy atom. The molecule has 0 bridgehead atoms. The van der Waals surface area contributed by atoms with E-state index < -0.39 is 45.0 Å². The molecule has 0 radical (unpaired) electrons. The number of nitrogens with zero attached hydrogens (tertiary/aromatic N) is 11. The molecule has 3 aromatic rings. The van der Waals surface area contributed by atoms with Gasteiger partial charge in [-0.3, -0.25) is 0 Å². The molecule has 0 spiro atoms. The molecule has 5 rings (SSSR count). The lowest BCUT2D eigenvalue weighted by molar-refractivity contribution is 0.617. The number of aromatic nitrogens is 2. The zero-order valence-corrected chi connectivity index (χ0v) is 22.6. The molecule has 0 saturated heterocycles. The molecule has 0 fully saturated rings. The minimum absolute atomic E-state index is 0.133. The molecule has 13 heteroatoms. The molecule has 46 heavy (non-hydrogen) atoms. The lowest BCUT2D eigenvalue weighted by Crippen LogP contribution is -2.01. The molecule has 11 nitrogen and oxygen atoms in total. The van der Waals surface area contributed by atoms with Crippen LogP contribution in [0.25, 0.3) is 33.4 Å². The maximum absolute atomic E-state index is 15.3. The summed E-state index contributed by atoms with van der Waals surface area (Å²) in [5.41, 5.74) is -5.83. The molecule has 2 aliphatic rings. The van der Waals surface area contributed by atoms with E-state index in [1.807, 2.05) is 18.2 Å². The number of rotatable bonds is 2. The second kappa shape index (κ2) is 11.2. The number of allylic oxidation sites excluding steroid dienone is 8. The first-order valence-corrected chi connectivity index (χ1v) is 12.4. The smallest absolute Gasteiger partial charge is 0.149 e. The van der Waals surface area contributed by atoms with Crippen molar-refractivity contribution in [2.45, 2.75) is 0 Å². The first-order chi connectivity index (χ1) is 22.3. The Bertz CT molecular complexity index is 2510. The van der Waals surface area contributed by atoms with Crippen molar-refractivity contribution in [2.24, 2.45) is 0 Å². The SMILES string of the molecule is N#CC(C#N)=C1C(c2cc(C#N)ncc2F)=C(C#N)c2c1cc1c(c2C#N)C(=C(C#N)C#N)C(c2cc(C#N)ncc2F)=C1C#N. The highest BCUT2D eigenvalue weighted by atomic mass is 19.1. The van der Waals surface area contributed by atoms with E-state index in [0.717, 1.165) is 12.1 Å². The number of hydrogen-bond acceptors (Lipinski definition) is 11. The lowest BCUT2D eigenvalue weighted by atomic mass is 9.86. The molecule has 206 valence electrons. The number of hydrogen-bond donors (Lipinski definition) is 0. The van der Waals surface area contributed by atoms with E-state index in [1.54, 1.807) is 36.4 Å². The zero-order valence-electron chi connectivity index (χ0n) is 22.6. The summed E-state index contributed by atoms with van der Waals surface area (Å²) in [4.78, 5) is 7.29. The quantitative estimate of drug-likeness (QED) is 0.363. The third-order valence-electron chi connectivity index (χ3n) is 7.13. The highest BCUT2D eigenvalue weighted by Gasteiger charge is 2.41. The number of benzene rings is 1. The van der Waals surface area contributed by atoms with Crippen LogP contribution in [0.2, 0.25) is 0 Å². The van der Waals surface area contributed by atoms with Gasteiger partial charge in [0.25, 0.3) is 0 Å². The van der Waals surface area contributed by atoms with Crippen molar-refractivity contribution >= 4 is 33.4 Å². The lowest BCUT2D eigenvalue weighted by Gasteiger charge is -2.13. The highest BCUT2D eigenvalue weighted by molar-refractivity contribution is 6.31. The van der Waals surface area contributed by atoms with Gasteiger partial charge < -0.3 is 0 Å². The molecule has 0 aliphatic heterocycles. The van der Waals surface area contributed by atoms with Gasteiger partial charge in [0.15, 0.2) is 0 Å². The predicted molar refractivity (Wildman–Crippen MR) is 150 cm³/mol. The normalized spacial score (nSPS) is 12.1. The van der Waals surface area contributed by atoms with Crippen LogP contribution in [0, 0.1) is 114 Å². The summed E-state index contributed by atoms with van der Waals surface area (Å²) in [5.74, 6) is -2.07. The summed E-state index contributed by atoms with van der Waals surface area (Å²) in [6.07, 6.45) is 1.41. The Kier molecular flexibility index (Phi) is 7.12. The fourth-order valence-corrected chi connectivity index (χ4v) is 5.41. The number of nitriles is 9. The fraction of sp³-hybridized carbons (Fsp3) is 0. The molecule has 0 saturated carbocycles. The van der Waals surface area contributed by atoms with Crippen LogP contribution in [0.1, 0.15) is 50.3 Å². The monoisotopic (exact) mass is 593 g/mol. The molecule has 0 unspecified atom stereocenters. The average Bonchev–Trinajstić information content (AvgIpc) is 3.57. The van der Waals surface area contributed by atoms with E-state index in [2.05, 4.69) is 9.97 Å². The molecule has 2 heterocycles. The van der Waals surface area contributed by atoms with Crippen LogP contribution in [0.5, 0.6) is 0 Å². The van der Waals surface area contributed by atoms with E-state index in [-0.39, 0.29) is 61.5 Å². The van der Waals surface area contributed by atoms with Gasteiger partial charge in [0, 0.05) is 50.1 Å². The van der Waals surface area contributed by atoms with Crippen molar-refractivity contribution in [1.82, 2.24) is 9.97 Å². The maximum atomic E-state index is 15.3. The summed E-state index contributed by atoms with van der Waals surface area (Å²) < 4.78 is 30.6. The van der Waals surface area contributed by atoms with Gasteiger partial charge in [-0.1, -0.05) is 0 Å². The van der Waals surface area contributed by atoms with Crippen molar-refractivity contribution in [3.63, 3.8) is 0 Å². The van der Waals surface area contributed by atoms with Gasteiger partial charge in [0.05, 0.1) is 29.1 Å². The first kappa shape index (κ1) is 29.2. The molecule has 2 aromatic heterocycles. The Hall–Kier alpha value is -8.25. The second-order valence-electron chi connectivity index (χ2n) is 9.20. The third kappa shape index (κ3) is 4.01. The molecule has 0 N–H and O–H groups in total. The van der Waals surface area contributed by atoms with Gasteiger partial charge in [-0.05, 0) is 23.8 Å². The summed E-state index contributed by atoms with van der Waals surface area (Å²) in [7, 11) is 0. The van der Waals surface area contributed by atoms with Gasteiger partial charge in [-0.25, -0.2) is 18.7 Å². The average molecular weight is 593 g/mol. The summed E-state index contributed by atoms with van der Waals surface area (Å²) in [5, 5.41) is 89.7. The van der Waals surface area contributed by atoms with Crippen molar-refractivity contribution in [1.29, 1.82) is 47.4 Å². The van der Waals surface area contributed by atoms with Crippen molar-refractivity contribution < 1.29 is 8.78 Å². The summed E-state index contributed by atoms with van der Waals surface area (Å²) in [6, 6.07) is 19.1. The van der Waals surface area contributed by atoms with E-state index in [4.69, 9.17) is 0 Å². The number of halogens is 2. The van der Waals surface area contributed by atoms with Gasteiger partial charge in [0.1, 0.15) is 88.8 Å². The van der Waals surface area contributed by atoms with Crippen LogP contribution >= 0.6 is 0 Å². The Morgan fingerprint density at radius 2 is 0.978 bits per heavy atom. The van der Waals surface area contributed by atoms with Gasteiger partial charge >= 0.3 is 0 Å². The molecule has 2 aliphatic carbocycles. The Labute approximate surface area is 257 Å². The topological polar surface area (TPSA) is 240 Å². The maximum Gasteiger partial charge on any atom is 0.149 e. The zero-order chi connectivity index (χ0) is 33.3. The highest BCUT2D eigenvalue weighted by Crippen LogP contribution is 2.56. The summed E-state index contributed by atoms with van der Waals surface area (Å²) in [6.45, 7) is 0. The van der Waals surface area contributed by atoms with Crippen molar-refractivity contribution in [3.05, 3.63) is 104 Å². The second-order valence-corrected chi connectivity index (χ2v) is 9.20. The molecular weight excluding hydrogens is 588 g/mol. The molecular formula is C33H5F2N11. The number of pyridine rings is 2. The van der Waals surface area contributed by atoms with E-state index in [9.17, 15) is 47.4 Å². The summed E-state index contributed by atoms with van der Waals surface area (Å²) >= 11 is 0. The van der Waals surface area contributed by atoms with Gasteiger partial charge in [-0.2, -0.15) is 47.4 Å². The van der Waals surface area contributed by atoms with Gasteiger partial charge in [0.2, 0.25) is 0 Å². The molecule has 1 aromatic carbocycles. The first-order valence-electron chi connectivity index (χ1n) is 12.4. The minimum atomic E-state index is -1.04. The van der Waals surface area contributed by atoms with E-state index >= 15 is 8.78 Å². The fourth-order valence-electron chi connectivity index (χ4n) is 5.41. The Morgan fingerprint density at radius 1 is 0.500 bits per heavy atom. The predicted octanol–water partition coefficient (Wildman–Crippen LogP) is 4.87. The van der Waals surface area contributed by atoms with E-state index in [0.29, 0.717) is 12.4 Å². The largest absolute Gasteiger partial charge is 0.242 e. The third-order valence-corrected chi connectivity index (χ3v) is 7.13. The van der Waals surface area contributed by atoms with Crippen LogP contribution in [0.4, 0.5) is 8.78 Å². The minimum Gasteiger partial charge on any atom is -0.242 e. The molecule has 0 atom stereocenters. The Balaban J connectivity index is 2.06. The number of fused-ring (bicyclic) bond motifs is 2. The van der Waals surface area contributed by atoms with Gasteiger partial charge in [-0.15, -0.1) is 0 Å². The van der Waals surface area contributed by atoms with Crippen molar-refractivity contribution in [2.75, 3.05) is 0 Å². The van der Waals surface area contributed by atoms with Crippen molar-refractivity contribution in [3.8, 4) is 54.6 Å². The van der Waals surface area contributed by atoms with Crippen LogP contribution in [-0.4, -0.2) is 9.97 Å². The molecule has 0 amide bonds. The van der Waals surface area contributed by atoms with Crippen LogP contribution in [0.3, 0.4) is 0 Å². The van der Waals surface area contributed by atoms with E-state index in [1.165, 1.54) is 6.07 Å².